The molecule has 2 aliphatic heterocycles. The highest BCUT2D eigenvalue weighted by molar-refractivity contribution is 4.81. The van der Waals surface area contributed by atoms with Crippen LogP contribution in [0.2, 0.25) is 0 Å². The van der Waals surface area contributed by atoms with E-state index in [9.17, 15) is 0 Å². The Kier molecular flexibility index (Phi) is 5.81. The highest BCUT2D eigenvalue weighted by atomic mass is 16.5. The third-order valence-corrected chi connectivity index (χ3v) is 3.49. The summed E-state index contributed by atoms with van der Waals surface area (Å²) in [6, 6.07) is 0. The summed E-state index contributed by atoms with van der Waals surface area (Å²) in [5, 5.41) is 0. The zero-order valence-corrected chi connectivity index (χ0v) is 11.2. The van der Waals surface area contributed by atoms with Crippen molar-refractivity contribution in [2.24, 2.45) is 5.73 Å². The molecule has 2 N–H and O–H groups in total. The smallest absolute Gasteiger partial charge is 0.134 e. The van der Waals surface area contributed by atoms with Crippen LogP contribution in [0.25, 0.3) is 0 Å². The second kappa shape index (κ2) is 7.37. The van der Waals surface area contributed by atoms with Gasteiger partial charge in [-0.1, -0.05) is 0 Å². The Morgan fingerprint density at radius 1 is 1.00 bits per heavy atom. The number of ether oxygens (including phenoxy) is 3. The zero-order valence-electron chi connectivity index (χ0n) is 11.2. The maximum absolute atomic E-state index is 6.20. The molecule has 2 rings (SSSR count). The summed E-state index contributed by atoms with van der Waals surface area (Å²) in [5.41, 5.74) is 6.20. The fourth-order valence-corrected chi connectivity index (χ4v) is 2.61. The van der Waals surface area contributed by atoms with E-state index in [1.165, 1.54) is 0 Å². The van der Waals surface area contributed by atoms with Gasteiger partial charge in [0.25, 0.3) is 0 Å². The van der Waals surface area contributed by atoms with Crippen molar-refractivity contribution in [1.82, 2.24) is 9.80 Å². The predicted octanol–water partition coefficient (Wildman–Crippen LogP) is -0.702. The van der Waals surface area contributed by atoms with Crippen molar-refractivity contribution in [2.45, 2.75) is 19.3 Å². The van der Waals surface area contributed by atoms with Gasteiger partial charge in [-0.2, -0.15) is 0 Å². The molecule has 1 unspecified atom stereocenters. The lowest BCUT2D eigenvalue weighted by Gasteiger charge is -2.44. The Balaban J connectivity index is 2.00. The van der Waals surface area contributed by atoms with E-state index in [0.29, 0.717) is 6.61 Å². The van der Waals surface area contributed by atoms with Gasteiger partial charge in [-0.3, -0.25) is 9.80 Å². The summed E-state index contributed by atoms with van der Waals surface area (Å²) in [6.45, 7) is 9.41. The standard InChI is InChI=1S/C12H25N3O3/c1-2-18-11(13)12(14-3-7-16-8-4-14)15-5-9-17-10-6-15/h11-12H,2-10,13H2,1H3. The van der Waals surface area contributed by atoms with E-state index in [0.717, 1.165) is 52.6 Å². The monoisotopic (exact) mass is 259 g/mol. The molecule has 2 aliphatic rings. The van der Waals surface area contributed by atoms with E-state index in [1.54, 1.807) is 0 Å². The van der Waals surface area contributed by atoms with Crippen LogP contribution < -0.4 is 5.73 Å². The summed E-state index contributed by atoms with van der Waals surface area (Å²) < 4.78 is 16.4. The molecule has 0 saturated carbocycles. The lowest BCUT2D eigenvalue weighted by atomic mass is 10.2. The molecule has 2 heterocycles. The van der Waals surface area contributed by atoms with Crippen molar-refractivity contribution in [3.8, 4) is 0 Å². The first kappa shape index (κ1) is 14.2. The Hall–Kier alpha value is -0.240. The Labute approximate surface area is 109 Å². The van der Waals surface area contributed by atoms with Crippen molar-refractivity contribution in [1.29, 1.82) is 0 Å². The van der Waals surface area contributed by atoms with Gasteiger partial charge in [0.1, 0.15) is 12.4 Å². The number of morpholine rings is 2. The summed E-state index contributed by atoms with van der Waals surface area (Å²) >= 11 is 0. The number of nitrogens with zero attached hydrogens (tertiary/aromatic N) is 2. The molecule has 0 bridgehead atoms. The van der Waals surface area contributed by atoms with E-state index >= 15 is 0 Å². The van der Waals surface area contributed by atoms with Crippen LogP contribution in [0.1, 0.15) is 6.92 Å². The number of hydrogen-bond donors (Lipinski definition) is 1. The van der Waals surface area contributed by atoms with Gasteiger partial charge in [0.15, 0.2) is 0 Å². The molecule has 6 heteroatoms. The van der Waals surface area contributed by atoms with Crippen LogP contribution in [0.3, 0.4) is 0 Å². The summed E-state index contributed by atoms with van der Waals surface area (Å²) in [7, 11) is 0. The van der Waals surface area contributed by atoms with Crippen molar-refractivity contribution in [2.75, 3.05) is 59.2 Å². The highest BCUT2D eigenvalue weighted by Gasteiger charge is 2.33. The molecule has 1 atom stereocenters. The highest BCUT2D eigenvalue weighted by Crippen LogP contribution is 2.14. The fourth-order valence-electron chi connectivity index (χ4n) is 2.61. The van der Waals surface area contributed by atoms with Crippen molar-refractivity contribution >= 4 is 0 Å². The van der Waals surface area contributed by atoms with Crippen LogP contribution in [0.15, 0.2) is 0 Å². The van der Waals surface area contributed by atoms with Gasteiger partial charge in [0.05, 0.1) is 26.4 Å². The third-order valence-electron chi connectivity index (χ3n) is 3.49. The number of hydrogen-bond acceptors (Lipinski definition) is 6. The maximum atomic E-state index is 6.20. The normalized spacial score (nSPS) is 25.5. The number of rotatable bonds is 5. The largest absolute Gasteiger partial charge is 0.379 e. The lowest BCUT2D eigenvalue weighted by Crippen LogP contribution is -2.62. The third kappa shape index (κ3) is 3.63. The molecule has 106 valence electrons. The van der Waals surface area contributed by atoms with Gasteiger partial charge in [0.2, 0.25) is 0 Å². The van der Waals surface area contributed by atoms with Crippen LogP contribution in [0.4, 0.5) is 0 Å². The minimum absolute atomic E-state index is 0.137. The second-order valence-corrected chi connectivity index (χ2v) is 4.63. The molecule has 0 aromatic rings. The van der Waals surface area contributed by atoms with Crippen molar-refractivity contribution < 1.29 is 14.2 Å². The molecule has 0 aliphatic carbocycles. The number of nitrogens with two attached hydrogens (primary N) is 1. The van der Waals surface area contributed by atoms with Crippen molar-refractivity contribution in [3.05, 3.63) is 0 Å². The molecule has 0 amide bonds. The Morgan fingerprint density at radius 3 is 1.83 bits per heavy atom. The van der Waals surface area contributed by atoms with Gasteiger partial charge in [-0.25, -0.2) is 0 Å². The summed E-state index contributed by atoms with van der Waals surface area (Å²) in [6.07, 6.45) is -0.135. The minimum atomic E-state index is -0.272. The quantitative estimate of drug-likeness (QED) is 0.659. The molecule has 18 heavy (non-hydrogen) atoms. The minimum Gasteiger partial charge on any atom is -0.379 e. The molecule has 2 fully saturated rings. The molecule has 0 aromatic heterocycles. The average Bonchev–Trinajstić information content (AvgIpc) is 2.42. The van der Waals surface area contributed by atoms with Crippen LogP contribution in [-0.2, 0) is 14.2 Å². The zero-order chi connectivity index (χ0) is 12.8. The van der Waals surface area contributed by atoms with E-state index in [2.05, 4.69) is 9.80 Å². The molecule has 2 saturated heterocycles. The Morgan fingerprint density at radius 2 is 1.44 bits per heavy atom. The van der Waals surface area contributed by atoms with E-state index < -0.39 is 0 Å². The molecule has 0 aromatic carbocycles. The SMILES string of the molecule is CCOC(N)C(N1CCOCC1)N1CCOCC1. The molecule has 0 radical (unpaired) electrons. The van der Waals surface area contributed by atoms with Gasteiger partial charge in [-0.05, 0) is 6.92 Å². The van der Waals surface area contributed by atoms with Crippen LogP contribution in [0.5, 0.6) is 0 Å². The van der Waals surface area contributed by atoms with Gasteiger partial charge in [-0.15, -0.1) is 0 Å². The van der Waals surface area contributed by atoms with Crippen LogP contribution in [0, 0.1) is 0 Å². The van der Waals surface area contributed by atoms with E-state index in [1.807, 2.05) is 6.92 Å². The van der Waals surface area contributed by atoms with E-state index in [4.69, 9.17) is 19.9 Å². The fraction of sp³-hybridized carbons (Fsp3) is 1.00. The summed E-state index contributed by atoms with van der Waals surface area (Å²) in [4.78, 5) is 4.74. The van der Waals surface area contributed by atoms with Crippen LogP contribution in [-0.4, -0.2) is 81.4 Å². The first-order chi connectivity index (χ1) is 8.83. The predicted molar refractivity (Wildman–Crippen MR) is 68.2 cm³/mol. The van der Waals surface area contributed by atoms with Gasteiger partial charge >= 0.3 is 0 Å². The summed E-state index contributed by atoms with van der Waals surface area (Å²) in [5.74, 6) is 0. The van der Waals surface area contributed by atoms with E-state index in [-0.39, 0.29) is 12.4 Å². The molecule has 0 spiro atoms. The molecular formula is C12H25N3O3. The molecule has 6 nitrogen and oxygen atoms in total. The average molecular weight is 259 g/mol. The first-order valence-electron chi connectivity index (χ1n) is 6.83. The first-order valence-corrected chi connectivity index (χ1v) is 6.83. The van der Waals surface area contributed by atoms with Gasteiger partial charge in [0, 0.05) is 32.8 Å². The lowest BCUT2D eigenvalue weighted by molar-refractivity contribution is -0.122. The van der Waals surface area contributed by atoms with Crippen LogP contribution >= 0.6 is 0 Å². The van der Waals surface area contributed by atoms with Crippen molar-refractivity contribution in [3.63, 3.8) is 0 Å². The topological polar surface area (TPSA) is 60.2 Å². The maximum Gasteiger partial charge on any atom is 0.134 e. The molecular weight excluding hydrogens is 234 g/mol. The van der Waals surface area contributed by atoms with Gasteiger partial charge < -0.3 is 19.9 Å². The Bertz CT molecular complexity index is 213. The second-order valence-electron chi connectivity index (χ2n) is 4.63.